The Morgan fingerprint density at radius 3 is 2.72 bits per heavy atom. The Labute approximate surface area is 192 Å². The van der Waals surface area contributed by atoms with Crippen LogP contribution in [-0.2, 0) is 6.54 Å². The molecule has 2 aromatic rings. The van der Waals surface area contributed by atoms with Gasteiger partial charge in [-0.05, 0) is 74.9 Å². The first kappa shape index (κ1) is 22.7. The number of rotatable bonds is 6. The molecule has 0 bridgehead atoms. The molecule has 1 atom stereocenters. The summed E-state index contributed by atoms with van der Waals surface area (Å²) in [5.74, 6) is 1.09. The summed E-state index contributed by atoms with van der Waals surface area (Å²) in [6, 6.07) is 5.59. The Bertz CT molecular complexity index is 1000. The topological polar surface area (TPSA) is 75.3 Å². The summed E-state index contributed by atoms with van der Waals surface area (Å²) in [6.07, 6.45) is 10.6. The normalized spacial score (nSPS) is 23.0. The van der Waals surface area contributed by atoms with E-state index < -0.39 is 11.6 Å². The third-order valence-corrected chi connectivity index (χ3v) is 6.49. The third kappa shape index (κ3) is 5.64. The van der Waals surface area contributed by atoms with Gasteiger partial charge in [-0.3, -0.25) is 4.99 Å². The van der Waals surface area contributed by atoms with E-state index in [1.54, 1.807) is 6.20 Å². The van der Waals surface area contributed by atoms with Crippen LogP contribution < -0.4 is 16.4 Å². The standard InChI is InChI=1S/C24H28ClF2N5/c25-20-14-30-24(31-18-7-4-15(12-28)5-8-18)11-19(20)22-2-1-3-23(32-22)29-13-16-10-17(26)6-9-21(16)27/h1,3,6,9-11,14-15,18,22H,2,4-5,7-8,12-13,28H2,(H,29,32)(H,30,31)/t15-,18-,22?. The Morgan fingerprint density at radius 1 is 1.12 bits per heavy atom. The molecule has 0 radical (unpaired) electrons. The molecule has 32 heavy (non-hydrogen) atoms. The number of aromatic nitrogens is 1. The van der Waals surface area contributed by atoms with Crippen LogP contribution in [0.2, 0.25) is 5.02 Å². The minimum atomic E-state index is -0.470. The van der Waals surface area contributed by atoms with Gasteiger partial charge in [-0.25, -0.2) is 13.8 Å². The number of amidine groups is 1. The fourth-order valence-corrected chi connectivity index (χ4v) is 4.51. The molecule has 0 spiro atoms. The van der Waals surface area contributed by atoms with E-state index >= 15 is 0 Å². The number of hydrogen-bond donors (Lipinski definition) is 3. The van der Waals surface area contributed by atoms with Crippen molar-refractivity contribution in [2.24, 2.45) is 16.6 Å². The van der Waals surface area contributed by atoms with Crippen molar-refractivity contribution in [3.8, 4) is 0 Å². The molecule has 1 unspecified atom stereocenters. The first-order chi connectivity index (χ1) is 15.5. The number of anilines is 1. The molecule has 4 rings (SSSR count). The van der Waals surface area contributed by atoms with Gasteiger partial charge in [0.2, 0.25) is 0 Å². The van der Waals surface area contributed by atoms with Crippen molar-refractivity contribution in [3.63, 3.8) is 0 Å². The second kappa shape index (κ2) is 10.4. The highest BCUT2D eigenvalue weighted by atomic mass is 35.5. The maximum absolute atomic E-state index is 13.9. The molecule has 1 saturated carbocycles. The number of pyridine rings is 1. The maximum Gasteiger partial charge on any atom is 0.128 e. The van der Waals surface area contributed by atoms with Gasteiger partial charge < -0.3 is 16.4 Å². The van der Waals surface area contributed by atoms with Crippen LogP contribution in [0.15, 0.2) is 47.6 Å². The van der Waals surface area contributed by atoms with Crippen LogP contribution in [-0.4, -0.2) is 23.4 Å². The molecule has 2 heterocycles. The Hall–Kier alpha value is -2.51. The Balaban J connectivity index is 1.43. The SMILES string of the molecule is NC[C@H]1CC[C@H](Nc2cc(C3CC=CC(NCc4cc(F)ccc4F)=N3)c(Cl)cn2)CC1. The van der Waals surface area contributed by atoms with E-state index in [0.717, 1.165) is 55.7 Å². The Kier molecular flexibility index (Phi) is 7.37. The molecule has 5 nitrogen and oxygen atoms in total. The van der Waals surface area contributed by atoms with E-state index in [1.807, 2.05) is 18.2 Å². The highest BCUT2D eigenvalue weighted by Gasteiger charge is 2.22. The van der Waals surface area contributed by atoms with Crippen LogP contribution in [0.25, 0.3) is 0 Å². The summed E-state index contributed by atoms with van der Waals surface area (Å²) in [4.78, 5) is 9.19. The van der Waals surface area contributed by atoms with Crippen molar-refractivity contribution in [2.45, 2.75) is 50.7 Å². The molecule has 1 fully saturated rings. The van der Waals surface area contributed by atoms with Gasteiger partial charge in [-0.15, -0.1) is 0 Å². The summed E-state index contributed by atoms with van der Waals surface area (Å²) in [5, 5.41) is 7.18. The first-order valence-electron chi connectivity index (χ1n) is 11.1. The maximum atomic E-state index is 13.9. The van der Waals surface area contributed by atoms with E-state index in [-0.39, 0.29) is 18.2 Å². The first-order valence-corrected chi connectivity index (χ1v) is 11.4. The van der Waals surface area contributed by atoms with Crippen LogP contribution in [0.5, 0.6) is 0 Å². The predicted molar refractivity (Wildman–Crippen MR) is 125 cm³/mol. The van der Waals surface area contributed by atoms with Crippen LogP contribution in [0, 0.1) is 17.6 Å². The molecule has 170 valence electrons. The number of aliphatic imine (C=N–C) groups is 1. The number of hydrogen-bond acceptors (Lipinski definition) is 5. The zero-order valence-electron chi connectivity index (χ0n) is 17.8. The van der Waals surface area contributed by atoms with E-state index in [4.69, 9.17) is 22.3 Å². The molecule has 0 amide bonds. The monoisotopic (exact) mass is 459 g/mol. The van der Waals surface area contributed by atoms with Gasteiger partial charge in [0.25, 0.3) is 0 Å². The summed E-state index contributed by atoms with van der Waals surface area (Å²) < 4.78 is 27.3. The summed E-state index contributed by atoms with van der Waals surface area (Å²) in [7, 11) is 0. The van der Waals surface area contributed by atoms with Gasteiger partial charge in [0, 0.05) is 29.9 Å². The van der Waals surface area contributed by atoms with Crippen molar-refractivity contribution in [2.75, 3.05) is 11.9 Å². The summed E-state index contributed by atoms with van der Waals surface area (Å²) >= 11 is 6.46. The van der Waals surface area contributed by atoms with Crippen molar-refractivity contribution in [1.82, 2.24) is 10.3 Å². The Morgan fingerprint density at radius 2 is 1.94 bits per heavy atom. The number of nitrogens with zero attached hydrogens (tertiary/aromatic N) is 2. The van der Waals surface area contributed by atoms with Crippen molar-refractivity contribution in [3.05, 3.63) is 70.4 Å². The quantitative estimate of drug-likeness (QED) is 0.559. The van der Waals surface area contributed by atoms with Gasteiger partial charge in [-0.2, -0.15) is 0 Å². The van der Waals surface area contributed by atoms with Gasteiger partial charge in [0.05, 0.1) is 11.1 Å². The lowest BCUT2D eigenvalue weighted by atomic mass is 9.86. The fraction of sp³-hybridized carbons (Fsp3) is 0.417. The van der Waals surface area contributed by atoms with Crippen molar-refractivity contribution >= 4 is 23.3 Å². The molecule has 1 aromatic heterocycles. The highest BCUT2D eigenvalue weighted by Crippen LogP contribution is 2.33. The van der Waals surface area contributed by atoms with Crippen LogP contribution in [0.4, 0.5) is 14.6 Å². The average Bonchev–Trinajstić information content (AvgIpc) is 2.81. The smallest absolute Gasteiger partial charge is 0.128 e. The summed E-state index contributed by atoms with van der Waals surface area (Å²) in [5.41, 5.74) is 6.93. The number of nitrogens with two attached hydrogens (primary N) is 1. The largest absolute Gasteiger partial charge is 0.367 e. The second-order valence-corrected chi connectivity index (χ2v) is 8.85. The van der Waals surface area contributed by atoms with Gasteiger partial charge in [0.15, 0.2) is 0 Å². The molecule has 1 aliphatic carbocycles. The van der Waals surface area contributed by atoms with Crippen LogP contribution in [0.1, 0.15) is 49.3 Å². The molecule has 0 saturated heterocycles. The number of halogens is 3. The van der Waals surface area contributed by atoms with Crippen LogP contribution in [0.3, 0.4) is 0 Å². The van der Waals surface area contributed by atoms with E-state index in [0.29, 0.717) is 29.2 Å². The zero-order chi connectivity index (χ0) is 22.5. The number of dihydropyridines is 1. The number of benzene rings is 1. The molecule has 2 aliphatic rings. The average molecular weight is 460 g/mol. The third-order valence-electron chi connectivity index (χ3n) is 6.17. The molecule has 1 aromatic carbocycles. The van der Waals surface area contributed by atoms with Gasteiger partial charge >= 0.3 is 0 Å². The minimum Gasteiger partial charge on any atom is -0.367 e. The van der Waals surface area contributed by atoms with E-state index in [2.05, 4.69) is 15.6 Å². The molecule has 4 N–H and O–H groups in total. The highest BCUT2D eigenvalue weighted by molar-refractivity contribution is 6.31. The molecular weight excluding hydrogens is 432 g/mol. The van der Waals surface area contributed by atoms with Crippen molar-refractivity contribution < 1.29 is 8.78 Å². The number of nitrogens with one attached hydrogen (secondary N) is 2. The lowest BCUT2D eigenvalue weighted by molar-refractivity contribution is 0.344. The molecule has 8 heteroatoms. The predicted octanol–water partition coefficient (Wildman–Crippen LogP) is 5.13. The summed E-state index contributed by atoms with van der Waals surface area (Å²) in [6.45, 7) is 0.896. The second-order valence-electron chi connectivity index (χ2n) is 8.45. The lowest BCUT2D eigenvalue weighted by Gasteiger charge is -2.29. The van der Waals surface area contributed by atoms with Crippen LogP contribution >= 0.6 is 11.6 Å². The van der Waals surface area contributed by atoms with E-state index in [9.17, 15) is 8.78 Å². The van der Waals surface area contributed by atoms with E-state index in [1.165, 1.54) is 6.07 Å². The van der Waals surface area contributed by atoms with Gasteiger partial charge in [-0.1, -0.05) is 17.7 Å². The molecule has 1 aliphatic heterocycles. The zero-order valence-corrected chi connectivity index (χ0v) is 18.6. The minimum absolute atomic E-state index is 0.141. The lowest BCUT2D eigenvalue weighted by Crippen LogP contribution is -2.29. The van der Waals surface area contributed by atoms with Gasteiger partial charge in [0.1, 0.15) is 23.3 Å². The van der Waals surface area contributed by atoms with Crippen molar-refractivity contribution in [1.29, 1.82) is 0 Å². The molecular formula is C24H28ClF2N5. The fourth-order valence-electron chi connectivity index (χ4n) is 4.28.